The molecule has 0 fully saturated rings. The Morgan fingerprint density at radius 3 is 1.38 bits per heavy atom. The van der Waals surface area contributed by atoms with Crippen LogP contribution in [0.15, 0.2) is 231 Å². The average Bonchev–Trinajstić information content (AvgIpc) is 4.03. The van der Waals surface area contributed by atoms with Gasteiger partial charge in [0, 0.05) is 53.3 Å². The Bertz CT molecular complexity index is 3630. The quantitative estimate of drug-likeness (QED) is 0.118. The van der Waals surface area contributed by atoms with E-state index in [4.69, 9.17) is 9.97 Å². The summed E-state index contributed by atoms with van der Waals surface area (Å²) in [5, 5.41) is 12.8. The van der Waals surface area contributed by atoms with E-state index >= 15 is 0 Å². The molecule has 0 aliphatic heterocycles. The minimum absolute atomic E-state index is 0.629. The molecule has 13 rings (SSSR count). The summed E-state index contributed by atoms with van der Waals surface area (Å²) in [5.74, 6) is 1.45. The molecule has 4 nitrogen and oxygen atoms in total. The Morgan fingerprint density at radius 1 is 0.359 bits per heavy atom. The first kappa shape index (κ1) is 36.7. The SMILES string of the molecule is c1ccc([Si](c2ccccc2)(c2ccc(-c3cc(-n4c5ccccc5c5ccccc54)nc(-n4c5ccccc5c5ccccc54)n3)cc2)c2cccc3c2sc2ccccc23)cc1. The molecule has 6 heteroatoms. The number of thiophene rings is 1. The maximum atomic E-state index is 5.50. The summed E-state index contributed by atoms with van der Waals surface area (Å²) in [6.45, 7) is 0. The average molecular weight is 851 g/mol. The molecule has 0 aliphatic rings. The van der Waals surface area contributed by atoms with E-state index in [1.807, 2.05) is 11.3 Å². The van der Waals surface area contributed by atoms with Gasteiger partial charge in [0.05, 0.1) is 27.8 Å². The number of nitrogens with zero attached hydrogens (tertiary/aromatic N) is 4. The molecule has 0 unspecified atom stereocenters. The van der Waals surface area contributed by atoms with Crippen LogP contribution in [0, 0.1) is 0 Å². The van der Waals surface area contributed by atoms with Crippen LogP contribution < -0.4 is 20.7 Å². The first-order valence-corrected chi connectivity index (χ1v) is 24.6. The van der Waals surface area contributed by atoms with Gasteiger partial charge in [-0.1, -0.05) is 194 Å². The third kappa shape index (κ3) is 5.46. The van der Waals surface area contributed by atoms with Gasteiger partial charge in [0.15, 0.2) is 8.07 Å². The topological polar surface area (TPSA) is 35.6 Å². The Balaban J connectivity index is 1.07. The van der Waals surface area contributed by atoms with Gasteiger partial charge < -0.3 is 0 Å². The van der Waals surface area contributed by atoms with E-state index in [0.717, 1.165) is 39.1 Å². The molecular weight excluding hydrogens is 813 g/mol. The lowest BCUT2D eigenvalue weighted by atomic mass is 10.1. The molecule has 0 radical (unpaired) electrons. The molecule has 0 saturated heterocycles. The molecule has 9 aromatic carbocycles. The lowest BCUT2D eigenvalue weighted by Crippen LogP contribution is -2.74. The number of fused-ring (bicyclic) bond motifs is 9. The molecular formula is C58H38N4SSi. The second kappa shape index (κ2) is 14.6. The number of hydrogen-bond donors (Lipinski definition) is 0. The maximum Gasteiger partial charge on any atom is 0.237 e. The van der Waals surface area contributed by atoms with Gasteiger partial charge in [-0.05, 0) is 51.1 Å². The fraction of sp³-hybridized carbons (Fsp3) is 0. The monoisotopic (exact) mass is 850 g/mol. The van der Waals surface area contributed by atoms with Crippen molar-refractivity contribution >= 4 is 104 Å². The van der Waals surface area contributed by atoms with Crippen molar-refractivity contribution in [2.45, 2.75) is 0 Å². The molecule has 64 heavy (non-hydrogen) atoms. The summed E-state index contributed by atoms with van der Waals surface area (Å²) >= 11 is 1.92. The van der Waals surface area contributed by atoms with Crippen molar-refractivity contribution in [3.63, 3.8) is 0 Å². The molecule has 0 N–H and O–H groups in total. The lowest BCUT2D eigenvalue weighted by molar-refractivity contribution is 0.952. The van der Waals surface area contributed by atoms with Gasteiger partial charge in [-0.2, -0.15) is 4.98 Å². The largest absolute Gasteiger partial charge is 0.294 e. The molecule has 0 aliphatic carbocycles. The molecule has 13 aromatic rings. The summed E-state index contributed by atoms with van der Waals surface area (Å²) in [6, 6.07) is 84.2. The highest BCUT2D eigenvalue weighted by atomic mass is 32.1. The van der Waals surface area contributed by atoms with Crippen LogP contribution in [-0.2, 0) is 0 Å². The fourth-order valence-electron chi connectivity index (χ4n) is 10.4. The van der Waals surface area contributed by atoms with Crippen molar-refractivity contribution in [1.29, 1.82) is 0 Å². The Morgan fingerprint density at radius 2 is 0.812 bits per heavy atom. The van der Waals surface area contributed by atoms with Crippen molar-refractivity contribution in [3.05, 3.63) is 231 Å². The Labute approximate surface area is 374 Å². The van der Waals surface area contributed by atoms with Crippen LogP contribution >= 0.6 is 11.3 Å². The Hall–Kier alpha value is -7.90. The van der Waals surface area contributed by atoms with Crippen LogP contribution in [0.1, 0.15) is 0 Å². The highest BCUT2D eigenvalue weighted by molar-refractivity contribution is 7.30. The van der Waals surface area contributed by atoms with Gasteiger partial charge in [-0.25, -0.2) is 4.98 Å². The molecule has 4 heterocycles. The van der Waals surface area contributed by atoms with E-state index in [1.165, 1.54) is 62.5 Å². The third-order valence-electron chi connectivity index (χ3n) is 13.1. The normalized spacial score (nSPS) is 12.1. The number of aromatic nitrogens is 4. The van der Waals surface area contributed by atoms with Crippen molar-refractivity contribution in [3.8, 4) is 23.0 Å². The van der Waals surface area contributed by atoms with Crippen LogP contribution in [0.4, 0.5) is 0 Å². The van der Waals surface area contributed by atoms with Crippen LogP contribution in [0.2, 0.25) is 0 Å². The van der Waals surface area contributed by atoms with Crippen LogP contribution in [0.3, 0.4) is 0 Å². The zero-order valence-corrected chi connectivity index (χ0v) is 36.5. The van der Waals surface area contributed by atoms with E-state index in [-0.39, 0.29) is 0 Å². The highest BCUT2D eigenvalue weighted by Crippen LogP contribution is 2.37. The summed E-state index contributed by atoms with van der Waals surface area (Å²) < 4.78 is 7.20. The van der Waals surface area contributed by atoms with E-state index < -0.39 is 8.07 Å². The number of benzene rings is 9. The molecule has 300 valence electrons. The van der Waals surface area contributed by atoms with Gasteiger partial charge in [-0.15, -0.1) is 11.3 Å². The molecule has 0 amide bonds. The summed E-state index contributed by atoms with van der Waals surface area (Å²) in [4.78, 5) is 11.0. The Kier molecular flexibility index (Phi) is 8.38. The van der Waals surface area contributed by atoms with Crippen molar-refractivity contribution < 1.29 is 0 Å². The first-order valence-electron chi connectivity index (χ1n) is 21.7. The number of hydrogen-bond acceptors (Lipinski definition) is 3. The first-order chi connectivity index (χ1) is 31.8. The number of rotatable bonds is 7. The lowest BCUT2D eigenvalue weighted by Gasteiger charge is -2.35. The van der Waals surface area contributed by atoms with Gasteiger partial charge in [0.1, 0.15) is 5.82 Å². The zero-order valence-electron chi connectivity index (χ0n) is 34.6. The van der Waals surface area contributed by atoms with Crippen molar-refractivity contribution in [1.82, 2.24) is 19.1 Å². The van der Waals surface area contributed by atoms with Crippen LogP contribution in [-0.4, -0.2) is 27.2 Å². The summed E-state index contributed by atoms with van der Waals surface area (Å²) in [5.41, 5.74) is 6.23. The van der Waals surface area contributed by atoms with Gasteiger partial charge in [0.25, 0.3) is 0 Å². The van der Waals surface area contributed by atoms with Gasteiger partial charge >= 0.3 is 0 Å². The van der Waals surface area contributed by atoms with E-state index in [1.54, 1.807) is 0 Å². The zero-order chi connectivity index (χ0) is 42.2. The molecule has 0 bridgehead atoms. The van der Waals surface area contributed by atoms with Crippen LogP contribution in [0.25, 0.3) is 86.8 Å². The fourth-order valence-corrected chi connectivity index (χ4v) is 16.9. The standard InChI is InChI=1S/C58H38N4SSi/c1-3-18-40(19-4-1)64(41-20-5-2-6-21-41,55-33-17-27-48-47-26-11-16-32-54(47)63-57(48)55)42-36-34-39(35-37-42)49-38-56(61-50-28-12-7-22-43(50)44-23-8-13-29-51(44)61)60-58(59-49)62-52-30-14-9-24-45(52)46-25-10-15-31-53(46)62/h1-38H. The predicted molar refractivity (Wildman–Crippen MR) is 273 cm³/mol. The molecule has 4 aromatic heterocycles. The molecule has 0 spiro atoms. The third-order valence-corrected chi connectivity index (χ3v) is 19.3. The van der Waals surface area contributed by atoms with E-state index in [9.17, 15) is 0 Å². The molecule has 0 saturated carbocycles. The smallest absolute Gasteiger partial charge is 0.237 e. The van der Waals surface area contributed by atoms with Crippen molar-refractivity contribution in [2.75, 3.05) is 0 Å². The summed E-state index contributed by atoms with van der Waals surface area (Å²) in [7, 11) is -2.91. The van der Waals surface area contributed by atoms with Crippen molar-refractivity contribution in [2.24, 2.45) is 0 Å². The number of para-hydroxylation sites is 4. The van der Waals surface area contributed by atoms with Gasteiger partial charge in [0.2, 0.25) is 5.95 Å². The second-order valence-corrected chi connectivity index (χ2v) is 21.3. The highest BCUT2D eigenvalue weighted by Gasteiger charge is 2.43. The minimum atomic E-state index is -2.91. The van der Waals surface area contributed by atoms with E-state index in [0.29, 0.717) is 5.95 Å². The summed E-state index contributed by atoms with van der Waals surface area (Å²) in [6.07, 6.45) is 0. The van der Waals surface area contributed by atoms with Crippen LogP contribution in [0.5, 0.6) is 0 Å². The predicted octanol–water partition coefficient (Wildman–Crippen LogP) is 12.1. The second-order valence-electron chi connectivity index (χ2n) is 16.5. The van der Waals surface area contributed by atoms with E-state index in [2.05, 4.69) is 240 Å². The van der Waals surface area contributed by atoms with Gasteiger partial charge in [-0.3, -0.25) is 9.13 Å². The minimum Gasteiger partial charge on any atom is -0.294 e. The molecule has 0 atom stereocenters. The maximum absolute atomic E-state index is 5.50.